The van der Waals surface area contributed by atoms with Crippen molar-refractivity contribution in [1.82, 2.24) is 0 Å². The molecule has 0 radical (unpaired) electrons. The summed E-state index contributed by atoms with van der Waals surface area (Å²) in [7, 11) is -4.03. The molecule has 0 saturated heterocycles. The molecular weight excluding hydrogens is 285 g/mol. The van der Waals surface area contributed by atoms with E-state index in [2.05, 4.69) is 32.9 Å². The van der Waals surface area contributed by atoms with Crippen molar-refractivity contribution < 1.29 is 14.4 Å². The Morgan fingerprint density at radius 1 is 1.05 bits per heavy atom. The zero-order valence-corrected chi connectivity index (χ0v) is 14.6. The molecule has 0 aliphatic heterocycles. The summed E-state index contributed by atoms with van der Waals surface area (Å²) in [4.78, 5) is 17.7. The lowest BCUT2D eigenvalue weighted by atomic mass is 10.1. The Hall–Kier alpha value is -0.670. The van der Waals surface area contributed by atoms with Crippen LogP contribution in [0, 0.1) is 0 Å². The summed E-state index contributed by atoms with van der Waals surface area (Å²) >= 11 is 0. The normalized spacial score (nSPS) is 15.0. The molecule has 5 heteroatoms. The van der Waals surface area contributed by atoms with Gasteiger partial charge in [0.25, 0.3) is 0 Å². The van der Waals surface area contributed by atoms with Gasteiger partial charge in [0.2, 0.25) is 0 Å². The van der Waals surface area contributed by atoms with Gasteiger partial charge >= 0.3 is 7.60 Å². The van der Waals surface area contributed by atoms with E-state index < -0.39 is 13.6 Å². The topological polar surface area (TPSA) is 83.6 Å². The summed E-state index contributed by atoms with van der Waals surface area (Å²) in [5, 5.41) is 0. The SMILES string of the molecule is CC(C)=CCCC(C)=CCCC(C)=CC(N)CP(=O)(O)O. The smallest absolute Gasteiger partial charge is 0.324 e. The van der Waals surface area contributed by atoms with Crippen LogP contribution in [0.5, 0.6) is 0 Å². The van der Waals surface area contributed by atoms with Crippen LogP contribution in [-0.2, 0) is 4.57 Å². The first kappa shape index (κ1) is 20.3. The zero-order valence-electron chi connectivity index (χ0n) is 13.7. The summed E-state index contributed by atoms with van der Waals surface area (Å²) in [6, 6.07) is -0.575. The highest BCUT2D eigenvalue weighted by molar-refractivity contribution is 7.51. The first-order chi connectivity index (χ1) is 9.60. The third-order valence-electron chi connectivity index (χ3n) is 3.07. The first-order valence-electron chi connectivity index (χ1n) is 7.36. The van der Waals surface area contributed by atoms with Gasteiger partial charge in [-0.2, -0.15) is 0 Å². The summed E-state index contributed by atoms with van der Waals surface area (Å²) < 4.78 is 10.8. The van der Waals surface area contributed by atoms with Crippen LogP contribution in [0.15, 0.2) is 34.9 Å². The number of hydrogen-bond acceptors (Lipinski definition) is 2. The molecule has 0 aromatic rings. The van der Waals surface area contributed by atoms with Crippen LogP contribution >= 0.6 is 7.60 Å². The van der Waals surface area contributed by atoms with Gasteiger partial charge in [0.15, 0.2) is 0 Å². The standard InChI is InChI=1S/C16H30NO3P/c1-13(2)7-5-8-14(3)9-6-10-15(4)11-16(17)12-21(18,19)20/h7,9,11,16H,5-6,8,10,12,17H2,1-4H3,(H2,18,19,20). The maximum Gasteiger partial charge on any atom is 0.327 e. The summed E-state index contributed by atoms with van der Waals surface area (Å²) in [6.45, 7) is 8.30. The molecule has 0 amide bonds. The van der Waals surface area contributed by atoms with Crippen molar-refractivity contribution in [3.63, 3.8) is 0 Å². The van der Waals surface area contributed by atoms with E-state index in [0.29, 0.717) is 0 Å². The van der Waals surface area contributed by atoms with E-state index in [0.717, 1.165) is 31.3 Å². The van der Waals surface area contributed by atoms with Crippen molar-refractivity contribution >= 4 is 7.60 Å². The molecule has 4 N–H and O–H groups in total. The summed E-state index contributed by atoms with van der Waals surface area (Å²) in [5.41, 5.74) is 9.49. The molecule has 1 atom stereocenters. The molecule has 0 fully saturated rings. The lowest BCUT2D eigenvalue weighted by Gasteiger charge is -2.09. The van der Waals surface area contributed by atoms with Gasteiger partial charge in [0, 0.05) is 6.04 Å². The number of nitrogens with two attached hydrogens (primary N) is 1. The van der Waals surface area contributed by atoms with Crippen molar-refractivity contribution in [3.8, 4) is 0 Å². The number of rotatable bonds is 9. The molecule has 0 rings (SSSR count). The molecule has 0 aromatic heterocycles. The van der Waals surface area contributed by atoms with Crippen molar-refractivity contribution in [3.05, 3.63) is 34.9 Å². The van der Waals surface area contributed by atoms with Crippen LogP contribution in [0.4, 0.5) is 0 Å². The Bertz CT molecular complexity index is 442. The highest BCUT2D eigenvalue weighted by atomic mass is 31.2. The zero-order chi connectivity index (χ0) is 16.5. The molecule has 0 aromatic carbocycles. The van der Waals surface area contributed by atoms with Crippen molar-refractivity contribution in [2.24, 2.45) is 5.73 Å². The van der Waals surface area contributed by atoms with E-state index in [1.54, 1.807) is 6.08 Å². The fourth-order valence-electron chi connectivity index (χ4n) is 2.01. The van der Waals surface area contributed by atoms with Gasteiger partial charge < -0.3 is 15.5 Å². The maximum atomic E-state index is 10.8. The minimum absolute atomic E-state index is 0.290. The Labute approximate surface area is 129 Å². The van der Waals surface area contributed by atoms with Crippen LogP contribution < -0.4 is 5.73 Å². The van der Waals surface area contributed by atoms with E-state index in [1.165, 1.54) is 11.1 Å². The molecule has 0 spiro atoms. The average molecular weight is 315 g/mol. The van der Waals surface area contributed by atoms with Gasteiger partial charge in [-0.1, -0.05) is 34.9 Å². The maximum absolute atomic E-state index is 10.8. The highest BCUT2D eigenvalue weighted by Gasteiger charge is 2.16. The highest BCUT2D eigenvalue weighted by Crippen LogP contribution is 2.34. The van der Waals surface area contributed by atoms with Crippen LogP contribution in [-0.4, -0.2) is 22.0 Å². The quantitative estimate of drug-likeness (QED) is 0.445. The second kappa shape index (κ2) is 10.1. The van der Waals surface area contributed by atoms with Crippen molar-refractivity contribution in [1.29, 1.82) is 0 Å². The average Bonchev–Trinajstić information content (AvgIpc) is 2.25. The Morgan fingerprint density at radius 3 is 2.10 bits per heavy atom. The third kappa shape index (κ3) is 14.0. The fourth-order valence-corrected chi connectivity index (χ4v) is 2.67. The third-order valence-corrected chi connectivity index (χ3v) is 3.97. The molecule has 0 aliphatic rings. The fraction of sp³-hybridized carbons (Fsp3) is 0.625. The molecule has 0 aliphatic carbocycles. The first-order valence-corrected chi connectivity index (χ1v) is 9.16. The van der Waals surface area contributed by atoms with Crippen molar-refractivity contribution in [2.45, 2.75) is 59.4 Å². The second-order valence-corrected chi connectivity index (χ2v) is 7.63. The lowest BCUT2D eigenvalue weighted by molar-refractivity contribution is 0.371. The monoisotopic (exact) mass is 315 g/mol. The molecule has 1 unspecified atom stereocenters. The molecule has 0 saturated carbocycles. The Morgan fingerprint density at radius 2 is 1.57 bits per heavy atom. The van der Waals surface area contributed by atoms with Gasteiger partial charge in [-0.25, -0.2) is 0 Å². The Kier molecular flexibility index (Phi) is 9.80. The van der Waals surface area contributed by atoms with E-state index in [9.17, 15) is 4.57 Å². The molecule has 21 heavy (non-hydrogen) atoms. The van der Waals surface area contributed by atoms with Crippen LogP contribution in [0.25, 0.3) is 0 Å². The largest absolute Gasteiger partial charge is 0.327 e. The molecule has 0 bridgehead atoms. The van der Waals surface area contributed by atoms with Gasteiger partial charge in [0.05, 0.1) is 6.16 Å². The number of allylic oxidation sites excluding steroid dienone is 5. The summed E-state index contributed by atoms with van der Waals surface area (Å²) in [5.74, 6) is 0. The van der Waals surface area contributed by atoms with Crippen LogP contribution in [0.1, 0.15) is 53.4 Å². The van der Waals surface area contributed by atoms with Gasteiger partial charge in [0.1, 0.15) is 0 Å². The molecule has 122 valence electrons. The molecule has 0 heterocycles. The molecule has 4 nitrogen and oxygen atoms in total. The van der Waals surface area contributed by atoms with Crippen LogP contribution in [0.2, 0.25) is 0 Å². The molecular formula is C16H30NO3P. The van der Waals surface area contributed by atoms with Crippen molar-refractivity contribution in [2.75, 3.05) is 6.16 Å². The van der Waals surface area contributed by atoms with Gasteiger partial charge in [-0.05, 0) is 53.4 Å². The van der Waals surface area contributed by atoms with E-state index in [4.69, 9.17) is 15.5 Å². The predicted octanol–water partition coefficient (Wildman–Crippen LogP) is 3.91. The van der Waals surface area contributed by atoms with E-state index in [-0.39, 0.29) is 6.16 Å². The lowest BCUT2D eigenvalue weighted by Crippen LogP contribution is -2.22. The van der Waals surface area contributed by atoms with Gasteiger partial charge in [-0.3, -0.25) is 4.57 Å². The van der Waals surface area contributed by atoms with Gasteiger partial charge in [-0.15, -0.1) is 0 Å². The predicted molar refractivity (Wildman–Crippen MR) is 90.3 cm³/mol. The van der Waals surface area contributed by atoms with E-state index >= 15 is 0 Å². The summed E-state index contributed by atoms with van der Waals surface area (Å²) in [6.07, 6.45) is 9.89. The minimum atomic E-state index is -4.03. The minimum Gasteiger partial charge on any atom is -0.324 e. The second-order valence-electron chi connectivity index (χ2n) is 5.93. The van der Waals surface area contributed by atoms with E-state index in [1.807, 2.05) is 6.92 Å². The Balaban J connectivity index is 4.15. The number of hydrogen-bond donors (Lipinski definition) is 3. The van der Waals surface area contributed by atoms with Crippen LogP contribution in [0.3, 0.4) is 0 Å².